The van der Waals surface area contributed by atoms with Gasteiger partial charge in [-0.05, 0) is 11.6 Å². The molecule has 7 heteroatoms. The Bertz CT molecular complexity index is 1030. The molecule has 0 bridgehead atoms. The molecule has 0 aliphatic carbocycles. The van der Waals surface area contributed by atoms with Crippen molar-refractivity contribution in [3.63, 3.8) is 0 Å². The summed E-state index contributed by atoms with van der Waals surface area (Å²) in [5, 5.41) is 10.9. The first kappa shape index (κ1) is 16.7. The van der Waals surface area contributed by atoms with Crippen molar-refractivity contribution in [3.8, 4) is 11.1 Å². The lowest BCUT2D eigenvalue weighted by molar-refractivity contribution is 0.178. The van der Waals surface area contributed by atoms with Crippen molar-refractivity contribution >= 4 is 27.4 Å². The lowest BCUT2D eigenvalue weighted by Gasteiger charge is -2.11. The fraction of sp³-hybridized carbons (Fsp3) is 0.211. The second kappa shape index (κ2) is 7.23. The summed E-state index contributed by atoms with van der Waals surface area (Å²) in [4.78, 5) is 10.3. The van der Waals surface area contributed by atoms with Crippen LogP contribution in [0.25, 0.3) is 21.3 Å². The third-order valence-electron chi connectivity index (χ3n) is 4.20. The van der Waals surface area contributed by atoms with Crippen molar-refractivity contribution in [3.05, 3.63) is 59.5 Å². The number of fused-ring (bicyclic) bond motifs is 1. The van der Waals surface area contributed by atoms with E-state index in [4.69, 9.17) is 9.72 Å². The second-order valence-electron chi connectivity index (χ2n) is 5.92. The van der Waals surface area contributed by atoms with Crippen LogP contribution >= 0.6 is 11.3 Å². The largest absolute Gasteiger partial charge is 0.377 e. The minimum Gasteiger partial charge on any atom is -0.377 e. The molecule has 0 amide bonds. The van der Waals surface area contributed by atoms with Gasteiger partial charge in [0.25, 0.3) is 0 Å². The van der Waals surface area contributed by atoms with Gasteiger partial charge in [-0.3, -0.25) is 4.68 Å². The average molecular weight is 365 g/mol. The van der Waals surface area contributed by atoms with E-state index < -0.39 is 0 Å². The molecule has 1 N–H and O–H groups in total. The number of methoxy groups -OCH3 is 1. The predicted octanol–water partition coefficient (Wildman–Crippen LogP) is 3.85. The van der Waals surface area contributed by atoms with Gasteiger partial charge in [0, 0.05) is 31.3 Å². The molecule has 4 aromatic rings. The first-order valence-corrected chi connectivity index (χ1v) is 9.17. The molecule has 3 heterocycles. The van der Waals surface area contributed by atoms with E-state index in [-0.39, 0.29) is 0 Å². The molecule has 0 saturated heterocycles. The van der Waals surface area contributed by atoms with E-state index in [2.05, 4.69) is 32.9 Å². The highest BCUT2D eigenvalue weighted by Crippen LogP contribution is 2.37. The van der Waals surface area contributed by atoms with Crippen LogP contribution < -0.4 is 5.32 Å². The number of nitrogens with zero attached hydrogens (tertiary/aromatic N) is 4. The van der Waals surface area contributed by atoms with E-state index in [1.54, 1.807) is 24.6 Å². The van der Waals surface area contributed by atoms with Gasteiger partial charge in [-0.25, -0.2) is 9.97 Å². The Hall–Kier alpha value is -2.77. The topological polar surface area (TPSA) is 64.9 Å². The van der Waals surface area contributed by atoms with Crippen LogP contribution in [-0.4, -0.2) is 26.9 Å². The third-order valence-corrected chi connectivity index (χ3v) is 5.07. The highest BCUT2D eigenvalue weighted by atomic mass is 32.1. The van der Waals surface area contributed by atoms with Crippen molar-refractivity contribution in [2.75, 3.05) is 12.4 Å². The quantitative estimate of drug-likeness (QED) is 0.562. The highest BCUT2D eigenvalue weighted by Gasteiger charge is 2.15. The summed E-state index contributed by atoms with van der Waals surface area (Å²) < 4.78 is 7.08. The van der Waals surface area contributed by atoms with Gasteiger partial charge in [-0.2, -0.15) is 5.10 Å². The molecular formula is C19H19N5OS. The molecule has 0 unspecified atom stereocenters. The molecule has 0 spiro atoms. The lowest BCUT2D eigenvalue weighted by Crippen LogP contribution is -2.08. The first-order valence-electron chi connectivity index (χ1n) is 8.29. The van der Waals surface area contributed by atoms with E-state index in [0.717, 1.165) is 32.9 Å². The maximum atomic E-state index is 5.23. The van der Waals surface area contributed by atoms with Crippen LogP contribution in [0.4, 0.5) is 5.82 Å². The van der Waals surface area contributed by atoms with Crippen LogP contribution in [0.1, 0.15) is 11.5 Å². The second-order valence-corrected chi connectivity index (χ2v) is 6.77. The minimum absolute atomic E-state index is 0.384. The van der Waals surface area contributed by atoms with Gasteiger partial charge in [0.2, 0.25) is 0 Å². The zero-order valence-corrected chi connectivity index (χ0v) is 15.5. The van der Waals surface area contributed by atoms with Crippen molar-refractivity contribution < 1.29 is 4.74 Å². The highest BCUT2D eigenvalue weighted by molar-refractivity contribution is 7.17. The summed E-state index contributed by atoms with van der Waals surface area (Å²) >= 11 is 1.63. The molecular weight excluding hydrogens is 346 g/mol. The smallest absolute Gasteiger partial charge is 0.158 e. The Morgan fingerprint density at radius 2 is 2.00 bits per heavy atom. The van der Waals surface area contributed by atoms with Crippen LogP contribution in [0, 0.1) is 0 Å². The number of benzene rings is 1. The van der Waals surface area contributed by atoms with Gasteiger partial charge in [0.1, 0.15) is 17.3 Å². The van der Waals surface area contributed by atoms with Crippen LogP contribution in [-0.2, 0) is 24.9 Å². The van der Waals surface area contributed by atoms with Gasteiger partial charge in [-0.1, -0.05) is 30.3 Å². The molecule has 26 heavy (non-hydrogen) atoms. The van der Waals surface area contributed by atoms with Gasteiger partial charge >= 0.3 is 0 Å². The van der Waals surface area contributed by atoms with Gasteiger partial charge in [0.05, 0.1) is 17.6 Å². The average Bonchev–Trinajstić information content (AvgIpc) is 3.27. The van der Waals surface area contributed by atoms with Crippen molar-refractivity contribution in [2.45, 2.75) is 13.2 Å². The summed E-state index contributed by atoms with van der Waals surface area (Å²) in [7, 11) is 3.59. The Morgan fingerprint density at radius 3 is 2.73 bits per heavy atom. The zero-order valence-electron chi connectivity index (χ0n) is 14.6. The van der Waals surface area contributed by atoms with Crippen molar-refractivity contribution in [1.82, 2.24) is 19.7 Å². The van der Waals surface area contributed by atoms with Crippen LogP contribution in [0.2, 0.25) is 0 Å². The normalized spacial score (nSPS) is 11.2. The Balaban J connectivity index is 1.79. The molecule has 1 aromatic carbocycles. The molecule has 6 nitrogen and oxygen atoms in total. The van der Waals surface area contributed by atoms with Crippen molar-refractivity contribution in [1.29, 1.82) is 0 Å². The van der Waals surface area contributed by atoms with E-state index in [1.165, 1.54) is 0 Å². The molecule has 4 rings (SSSR count). The SMILES string of the molecule is COCc1nc(NCc2ccnn2C)c2c(-c3ccccc3)csc2n1. The molecule has 0 radical (unpaired) electrons. The van der Waals surface area contributed by atoms with Crippen LogP contribution in [0.15, 0.2) is 48.0 Å². The Morgan fingerprint density at radius 1 is 1.15 bits per heavy atom. The summed E-state index contributed by atoms with van der Waals surface area (Å²) in [6.45, 7) is 1.02. The van der Waals surface area contributed by atoms with Crippen molar-refractivity contribution in [2.24, 2.45) is 7.05 Å². The number of ether oxygens (including phenoxy) is 1. The molecule has 0 aliphatic rings. The minimum atomic E-state index is 0.384. The monoisotopic (exact) mass is 365 g/mol. The predicted molar refractivity (Wildman–Crippen MR) is 104 cm³/mol. The maximum Gasteiger partial charge on any atom is 0.158 e. The molecule has 0 saturated carbocycles. The third kappa shape index (κ3) is 3.18. The maximum absolute atomic E-state index is 5.23. The van der Waals surface area contributed by atoms with E-state index in [0.29, 0.717) is 19.0 Å². The fourth-order valence-corrected chi connectivity index (χ4v) is 3.85. The number of thiophene rings is 1. The summed E-state index contributed by atoms with van der Waals surface area (Å²) in [5.41, 5.74) is 3.38. The molecule has 3 aromatic heterocycles. The number of hydrogen-bond acceptors (Lipinski definition) is 6. The molecule has 0 atom stereocenters. The van der Waals surface area contributed by atoms with E-state index in [1.807, 2.05) is 36.0 Å². The summed E-state index contributed by atoms with van der Waals surface area (Å²) in [6, 6.07) is 12.3. The number of aryl methyl sites for hydroxylation is 1. The first-order chi connectivity index (χ1) is 12.8. The van der Waals surface area contributed by atoms with Crippen LogP contribution in [0.5, 0.6) is 0 Å². The van der Waals surface area contributed by atoms with Gasteiger partial charge in [0.15, 0.2) is 5.82 Å². The lowest BCUT2D eigenvalue weighted by atomic mass is 10.1. The van der Waals surface area contributed by atoms with Gasteiger partial charge < -0.3 is 10.1 Å². The molecule has 0 aliphatic heterocycles. The number of rotatable bonds is 6. The Kier molecular flexibility index (Phi) is 4.64. The summed E-state index contributed by atoms with van der Waals surface area (Å²) in [5.74, 6) is 1.50. The molecule has 132 valence electrons. The Labute approximate surface area is 155 Å². The van der Waals surface area contributed by atoms with Crippen LogP contribution in [0.3, 0.4) is 0 Å². The fourth-order valence-electron chi connectivity index (χ4n) is 2.89. The number of hydrogen-bond donors (Lipinski definition) is 1. The summed E-state index contributed by atoms with van der Waals surface area (Å²) in [6.07, 6.45) is 1.79. The number of aromatic nitrogens is 4. The number of nitrogens with one attached hydrogen (secondary N) is 1. The van der Waals surface area contributed by atoms with E-state index in [9.17, 15) is 0 Å². The van der Waals surface area contributed by atoms with E-state index >= 15 is 0 Å². The van der Waals surface area contributed by atoms with Gasteiger partial charge in [-0.15, -0.1) is 11.3 Å². The molecule has 0 fully saturated rings. The standard InChI is InChI=1S/C19H19N5OS/c1-24-14(8-9-21-24)10-20-18-17-15(13-6-4-3-5-7-13)12-26-19(17)23-16(22-18)11-25-2/h3-9,12H,10-11H2,1-2H3,(H,20,22,23). The zero-order chi connectivity index (χ0) is 17.9. The number of anilines is 1.